The Kier molecular flexibility index (Phi) is 6.49. The Hall–Kier alpha value is -3.36. The predicted octanol–water partition coefficient (Wildman–Crippen LogP) is 4.73. The van der Waals surface area contributed by atoms with Gasteiger partial charge in [-0.15, -0.1) is 10.2 Å². The highest BCUT2D eigenvalue weighted by molar-refractivity contribution is 7.99. The lowest BCUT2D eigenvalue weighted by Gasteiger charge is -2.10. The van der Waals surface area contributed by atoms with Gasteiger partial charge in [0.2, 0.25) is 0 Å². The third-order valence-corrected chi connectivity index (χ3v) is 5.47. The molecule has 31 heavy (non-hydrogen) atoms. The number of furan rings is 1. The zero-order valence-corrected chi connectivity index (χ0v) is 18.1. The molecule has 0 radical (unpaired) electrons. The van der Waals surface area contributed by atoms with Crippen molar-refractivity contribution in [1.82, 2.24) is 20.2 Å². The van der Waals surface area contributed by atoms with Crippen molar-refractivity contribution in [2.24, 2.45) is 5.10 Å². The van der Waals surface area contributed by atoms with Gasteiger partial charge in [0.05, 0.1) is 18.2 Å². The quantitative estimate of drug-likeness (QED) is 0.249. The minimum Gasteiger partial charge on any atom is -0.463 e. The molecule has 0 saturated heterocycles. The molecule has 0 aliphatic heterocycles. The molecule has 156 valence electrons. The summed E-state index contributed by atoms with van der Waals surface area (Å²) in [5.74, 6) is 1.08. The second-order valence-corrected chi connectivity index (χ2v) is 7.96. The van der Waals surface area contributed by atoms with Crippen LogP contribution in [0.5, 0.6) is 0 Å². The van der Waals surface area contributed by atoms with E-state index in [1.807, 2.05) is 60.0 Å². The maximum Gasteiger partial charge on any atom is 0.250 e. The second-order valence-electron chi connectivity index (χ2n) is 6.58. The molecule has 2 heterocycles. The molecule has 7 nitrogen and oxygen atoms in total. The van der Waals surface area contributed by atoms with Crippen LogP contribution in [-0.4, -0.2) is 32.6 Å². The van der Waals surface area contributed by atoms with E-state index in [9.17, 15) is 4.79 Å². The van der Waals surface area contributed by atoms with Crippen LogP contribution in [0.3, 0.4) is 0 Å². The first kappa shape index (κ1) is 20.9. The lowest BCUT2D eigenvalue weighted by molar-refractivity contribution is -0.118. The van der Waals surface area contributed by atoms with E-state index in [-0.39, 0.29) is 11.7 Å². The Morgan fingerprint density at radius 3 is 2.65 bits per heavy atom. The molecule has 0 atom stereocenters. The molecule has 0 saturated carbocycles. The number of hydrogen-bond donors (Lipinski definition) is 1. The molecule has 2 aromatic heterocycles. The number of thioether (sulfide) groups is 1. The number of aryl methyl sites for hydroxylation is 1. The third kappa shape index (κ3) is 5.22. The topological polar surface area (TPSA) is 85.3 Å². The molecule has 0 aliphatic rings. The van der Waals surface area contributed by atoms with Crippen molar-refractivity contribution < 1.29 is 9.21 Å². The Morgan fingerprint density at radius 1 is 1.16 bits per heavy atom. The van der Waals surface area contributed by atoms with Gasteiger partial charge in [-0.3, -0.25) is 9.36 Å². The summed E-state index contributed by atoms with van der Waals surface area (Å²) in [7, 11) is 0. The molecular weight excluding hydrogens is 434 g/mol. The van der Waals surface area contributed by atoms with Crippen LogP contribution in [0.2, 0.25) is 5.02 Å². The first-order chi connectivity index (χ1) is 15.1. The lowest BCUT2D eigenvalue weighted by Crippen LogP contribution is -2.19. The summed E-state index contributed by atoms with van der Waals surface area (Å²) in [6.07, 6.45) is 2.98. The van der Waals surface area contributed by atoms with E-state index in [2.05, 4.69) is 20.7 Å². The number of benzene rings is 2. The Bertz CT molecular complexity index is 1190. The maximum absolute atomic E-state index is 12.2. The normalized spacial score (nSPS) is 11.2. The minimum absolute atomic E-state index is 0.125. The fourth-order valence-electron chi connectivity index (χ4n) is 2.77. The van der Waals surface area contributed by atoms with Crippen molar-refractivity contribution in [3.63, 3.8) is 0 Å². The first-order valence-electron chi connectivity index (χ1n) is 9.37. The summed E-state index contributed by atoms with van der Waals surface area (Å²) in [6.45, 7) is 2.03. The van der Waals surface area contributed by atoms with Crippen molar-refractivity contribution in [3.05, 3.63) is 83.3 Å². The van der Waals surface area contributed by atoms with Gasteiger partial charge in [-0.2, -0.15) is 5.10 Å². The molecule has 9 heteroatoms. The standard InChI is InChI=1S/C22H18ClN5O2S/c1-15-4-10-18(11-5-15)28-21(16-6-8-17(23)9-7-16)26-27-22(28)31-14-20(29)25-24-13-19-3-2-12-30-19/h2-13H,14H2,1H3,(H,25,29)/b24-13+. The van der Waals surface area contributed by atoms with Gasteiger partial charge in [0.1, 0.15) is 5.76 Å². The van der Waals surface area contributed by atoms with Gasteiger partial charge in [0.15, 0.2) is 11.0 Å². The van der Waals surface area contributed by atoms with Crippen LogP contribution in [0.25, 0.3) is 17.1 Å². The fourth-order valence-corrected chi connectivity index (χ4v) is 3.64. The largest absolute Gasteiger partial charge is 0.463 e. The molecule has 0 unspecified atom stereocenters. The zero-order chi connectivity index (χ0) is 21.6. The Balaban J connectivity index is 1.54. The minimum atomic E-state index is -0.265. The number of amides is 1. The molecule has 2 aromatic carbocycles. The summed E-state index contributed by atoms with van der Waals surface area (Å²) in [4.78, 5) is 12.2. The molecular formula is C22H18ClN5O2S. The van der Waals surface area contributed by atoms with Crippen LogP contribution >= 0.6 is 23.4 Å². The fraction of sp³-hybridized carbons (Fsp3) is 0.0909. The van der Waals surface area contributed by atoms with Gasteiger partial charge in [-0.25, -0.2) is 5.43 Å². The number of hydrogen-bond acceptors (Lipinski definition) is 6. The third-order valence-electron chi connectivity index (χ3n) is 4.28. The smallest absolute Gasteiger partial charge is 0.250 e. The van der Waals surface area contributed by atoms with Crippen LogP contribution in [0.1, 0.15) is 11.3 Å². The first-order valence-corrected chi connectivity index (χ1v) is 10.7. The van der Waals surface area contributed by atoms with Gasteiger partial charge in [0, 0.05) is 16.3 Å². The summed E-state index contributed by atoms with van der Waals surface area (Å²) in [6, 6.07) is 18.9. The van der Waals surface area contributed by atoms with Crippen LogP contribution < -0.4 is 5.43 Å². The zero-order valence-electron chi connectivity index (χ0n) is 16.5. The summed E-state index contributed by atoms with van der Waals surface area (Å²) >= 11 is 7.30. The van der Waals surface area contributed by atoms with Gasteiger partial charge in [-0.05, 0) is 55.5 Å². The van der Waals surface area contributed by atoms with Crippen LogP contribution in [-0.2, 0) is 4.79 Å². The maximum atomic E-state index is 12.2. The number of carbonyl (C=O) groups excluding carboxylic acids is 1. The van der Waals surface area contributed by atoms with Crippen LogP contribution in [0, 0.1) is 6.92 Å². The van der Waals surface area contributed by atoms with Crippen molar-refractivity contribution >= 4 is 35.5 Å². The number of hydrazone groups is 1. The number of carbonyl (C=O) groups is 1. The van der Waals surface area contributed by atoms with Crippen molar-refractivity contribution in [3.8, 4) is 17.1 Å². The molecule has 0 fully saturated rings. The van der Waals surface area contributed by atoms with Crippen LogP contribution in [0.4, 0.5) is 0 Å². The molecule has 0 bridgehead atoms. The SMILES string of the molecule is Cc1ccc(-n2c(SCC(=O)N/N=C/c3ccco3)nnc2-c2ccc(Cl)cc2)cc1. The second kappa shape index (κ2) is 9.63. The van der Waals surface area contributed by atoms with E-state index in [1.165, 1.54) is 24.2 Å². The van der Waals surface area contributed by atoms with E-state index >= 15 is 0 Å². The molecule has 4 rings (SSSR count). The Labute approximate surface area is 188 Å². The molecule has 4 aromatic rings. The molecule has 1 N–H and O–H groups in total. The average molecular weight is 452 g/mol. The number of rotatable bonds is 7. The van der Waals surface area contributed by atoms with Gasteiger partial charge >= 0.3 is 0 Å². The van der Waals surface area contributed by atoms with Gasteiger partial charge < -0.3 is 4.42 Å². The lowest BCUT2D eigenvalue weighted by atomic mass is 10.2. The monoisotopic (exact) mass is 451 g/mol. The number of nitrogens with one attached hydrogen (secondary N) is 1. The summed E-state index contributed by atoms with van der Waals surface area (Å²) < 4.78 is 7.06. The summed E-state index contributed by atoms with van der Waals surface area (Å²) in [5, 5.41) is 13.8. The Morgan fingerprint density at radius 2 is 1.94 bits per heavy atom. The van der Waals surface area contributed by atoms with E-state index < -0.39 is 0 Å². The summed E-state index contributed by atoms with van der Waals surface area (Å²) in [5.41, 5.74) is 5.40. The number of nitrogens with zero attached hydrogens (tertiary/aromatic N) is 4. The van der Waals surface area contributed by atoms with Gasteiger partial charge in [0.25, 0.3) is 5.91 Å². The van der Waals surface area contributed by atoms with E-state index in [0.717, 1.165) is 16.8 Å². The van der Waals surface area contributed by atoms with Crippen molar-refractivity contribution in [2.45, 2.75) is 12.1 Å². The highest BCUT2D eigenvalue weighted by atomic mass is 35.5. The van der Waals surface area contributed by atoms with Crippen LogP contribution in [0.15, 0.2) is 81.6 Å². The average Bonchev–Trinajstić information content (AvgIpc) is 3.43. The van der Waals surface area contributed by atoms with Crippen molar-refractivity contribution in [2.75, 3.05) is 5.75 Å². The molecule has 0 aliphatic carbocycles. The van der Waals surface area contributed by atoms with Gasteiger partial charge in [-0.1, -0.05) is 41.1 Å². The number of aromatic nitrogens is 3. The van der Waals surface area contributed by atoms with E-state index in [4.69, 9.17) is 16.0 Å². The molecule has 1 amide bonds. The predicted molar refractivity (Wildman–Crippen MR) is 122 cm³/mol. The highest BCUT2D eigenvalue weighted by Crippen LogP contribution is 2.28. The van der Waals surface area contributed by atoms with E-state index in [1.54, 1.807) is 12.1 Å². The van der Waals surface area contributed by atoms with E-state index in [0.29, 0.717) is 21.8 Å². The number of halogens is 1. The highest BCUT2D eigenvalue weighted by Gasteiger charge is 2.17. The van der Waals surface area contributed by atoms with Crippen molar-refractivity contribution in [1.29, 1.82) is 0 Å². The molecule has 0 spiro atoms.